The fourth-order valence-electron chi connectivity index (χ4n) is 2.13. The molecule has 0 atom stereocenters. The molecule has 0 aliphatic carbocycles. The number of hydrogen-bond acceptors (Lipinski definition) is 4. The van der Waals surface area contributed by atoms with Gasteiger partial charge in [0.2, 0.25) is 5.95 Å². The van der Waals surface area contributed by atoms with Crippen LogP contribution in [0, 0.1) is 30.2 Å². The summed E-state index contributed by atoms with van der Waals surface area (Å²) >= 11 is 0. The van der Waals surface area contributed by atoms with Gasteiger partial charge in [0.15, 0.2) is 0 Å². The van der Waals surface area contributed by atoms with E-state index >= 15 is 0 Å². The number of hydrogen-bond donors (Lipinski definition) is 2. The number of rotatable bonds is 4. The molecule has 0 saturated carbocycles. The molecule has 0 amide bonds. The number of aromatic nitrogens is 2. The fourth-order valence-corrected chi connectivity index (χ4v) is 2.13. The Morgan fingerprint density at radius 1 is 0.720 bits per heavy atom. The molecule has 1 aromatic heterocycles. The number of anilines is 4. The monoisotopic (exact) mass is 348 g/mol. The van der Waals surface area contributed by atoms with Crippen LogP contribution in [0.25, 0.3) is 0 Å². The molecule has 8 heteroatoms. The first-order chi connectivity index (χ1) is 11.9. The number of nitrogens with zero attached hydrogens (tertiary/aromatic N) is 2. The van der Waals surface area contributed by atoms with E-state index in [0.29, 0.717) is 5.69 Å². The van der Waals surface area contributed by atoms with E-state index in [4.69, 9.17) is 0 Å². The van der Waals surface area contributed by atoms with Crippen LogP contribution in [-0.2, 0) is 0 Å². The van der Waals surface area contributed by atoms with Gasteiger partial charge in [-0.25, -0.2) is 22.5 Å². The molecule has 0 spiro atoms. The molecule has 0 aliphatic heterocycles. The fraction of sp³-hybridized carbons (Fsp3) is 0.0588. The minimum atomic E-state index is -0.802. The Bertz CT molecular complexity index is 859. The normalized spacial score (nSPS) is 10.6. The molecule has 2 aromatic carbocycles. The van der Waals surface area contributed by atoms with Crippen molar-refractivity contribution in [2.24, 2.45) is 0 Å². The second-order valence-electron chi connectivity index (χ2n) is 5.22. The molecule has 0 radical (unpaired) electrons. The van der Waals surface area contributed by atoms with Gasteiger partial charge in [-0.2, -0.15) is 4.98 Å². The van der Waals surface area contributed by atoms with Crippen LogP contribution < -0.4 is 10.6 Å². The minimum absolute atomic E-state index is 0.00841. The number of nitrogens with one attached hydrogen (secondary N) is 2. The average molecular weight is 348 g/mol. The lowest BCUT2D eigenvalue weighted by atomic mass is 10.3. The summed E-state index contributed by atoms with van der Waals surface area (Å²) in [5, 5.41) is 5.34. The zero-order chi connectivity index (χ0) is 18.0. The Morgan fingerprint density at radius 2 is 1.28 bits per heavy atom. The first-order valence-electron chi connectivity index (χ1n) is 7.20. The predicted octanol–water partition coefficient (Wildman–Crippen LogP) is 4.83. The average Bonchev–Trinajstić information content (AvgIpc) is 2.52. The maximum absolute atomic E-state index is 13.7. The van der Waals surface area contributed by atoms with Gasteiger partial charge in [-0.1, -0.05) is 0 Å². The summed E-state index contributed by atoms with van der Waals surface area (Å²) in [5.41, 5.74) is 0.536. The van der Waals surface area contributed by atoms with Gasteiger partial charge < -0.3 is 10.6 Å². The molecule has 3 rings (SSSR count). The quantitative estimate of drug-likeness (QED) is 0.663. The van der Waals surface area contributed by atoms with E-state index < -0.39 is 23.3 Å². The Kier molecular flexibility index (Phi) is 4.51. The van der Waals surface area contributed by atoms with Gasteiger partial charge in [0.25, 0.3) is 0 Å². The van der Waals surface area contributed by atoms with Crippen molar-refractivity contribution in [3.05, 3.63) is 71.4 Å². The van der Waals surface area contributed by atoms with Crippen LogP contribution in [0.3, 0.4) is 0 Å². The van der Waals surface area contributed by atoms with Gasteiger partial charge in [0.05, 0.1) is 11.4 Å². The summed E-state index contributed by atoms with van der Waals surface area (Å²) in [6.45, 7) is 1.67. The Hall–Kier alpha value is -3.16. The lowest BCUT2D eigenvalue weighted by Gasteiger charge is -2.11. The van der Waals surface area contributed by atoms with E-state index in [2.05, 4.69) is 20.6 Å². The zero-order valence-electron chi connectivity index (χ0n) is 12.9. The van der Waals surface area contributed by atoms with Crippen molar-refractivity contribution in [1.82, 2.24) is 9.97 Å². The Balaban J connectivity index is 1.87. The van der Waals surface area contributed by atoms with Crippen molar-refractivity contribution >= 4 is 23.1 Å². The summed E-state index contributed by atoms with van der Waals surface area (Å²) in [6.07, 6.45) is 0. The molecule has 0 fully saturated rings. The third-order valence-corrected chi connectivity index (χ3v) is 3.23. The van der Waals surface area contributed by atoms with Crippen molar-refractivity contribution in [3.63, 3.8) is 0 Å². The highest BCUT2D eigenvalue weighted by Gasteiger charge is 2.09. The molecule has 4 nitrogen and oxygen atoms in total. The van der Waals surface area contributed by atoms with Crippen molar-refractivity contribution < 1.29 is 17.6 Å². The van der Waals surface area contributed by atoms with Gasteiger partial charge in [-0.3, -0.25) is 0 Å². The Labute approximate surface area is 140 Å². The highest BCUT2D eigenvalue weighted by molar-refractivity contribution is 5.60. The van der Waals surface area contributed by atoms with Crippen molar-refractivity contribution in [3.8, 4) is 0 Å². The smallest absolute Gasteiger partial charge is 0.229 e. The molecule has 0 unspecified atom stereocenters. The molecular weight excluding hydrogens is 336 g/mol. The number of benzene rings is 2. The van der Waals surface area contributed by atoms with Crippen molar-refractivity contribution in [2.75, 3.05) is 10.6 Å². The molecule has 0 bridgehead atoms. The third kappa shape index (κ3) is 4.03. The first-order valence-corrected chi connectivity index (χ1v) is 7.20. The molecule has 3 aromatic rings. The third-order valence-electron chi connectivity index (χ3n) is 3.23. The van der Waals surface area contributed by atoms with E-state index in [1.54, 1.807) is 6.92 Å². The van der Waals surface area contributed by atoms with Crippen LogP contribution in [0.2, 0.25) is 0 Å². The second-order valence-corrected chi connectivity index (χ2v) is 5.22. The predicted molar refractivity (Wildman–Crippen MR) is 86.1 cm³/mol. The van der Waals surface area contributed by atoms with Crippen LogP contribution in [0.5, 0.6) is 0 Å². The van der Waals surface area contributed by atoms with Gasteiger partial charge in [0.1, 0.15) is 29.1 Å². The summed E-state index contributed by atoms with van der Waals surface area (Å²) in [6, 6.07) is 7.64. The minimum Gasteiger partial charge on any atom is -0.338 e. The molecule has 128 valence electrons. The number of aryl methyl sites for hydroxylation is 1. The summed E-state index contributed by atoms with van der Waals surface area (Å²) in [7, 11) is 0. The lowest BCUT2D eigenvalue weighted by Crippen LogP contribution is -2.04. The van der Waals surface area contributed by atoms with E-state index in [-0.39, 0.29) is 23.1 Å². The summed E-state index contributed by atoms with van der Waals surface area (Å²) in [4.78, 5) is 8.19. The first kappa shape index (κ1) is 16.7. The number of halogens is 4. The van der Waals surface area contributed by atoms with Crippen LogP contribution in [0.1, 0.15) is 5.69 Å². The van der Waals surface area contributed by atoms with Crippen LogP contribution in [0.15, 0.2) is 42.5 Å². The molecule has 2 N–H and O–H groups in total. The van der Waals surface area contributed by atoms with E-state index in [0.717, 1.165) is 24.3 Å². The topological polar surface area (TPSA) is 49.8 Å². The highest BCUT2D eigenvalue weighted by Crippen LogP contribution is 2.23. The SMILES string of the molecule is Cc1cc(Nc2ccc(F)cc2F)nc(Nc2ccc(F)cc2F)n1. The maximum Gasteiger partial charge on any atom is 0.229 e. The molecule has 1 heterocycles. The van der Waals surface area contributed by atoms with E-state index in [9.17, 15) is 17.6 Å². The van der Waals surface area contributed by atoms with Crippen molar-refractivity contribution in [1.29, 1.82) is 0 Å². The molecule has 0 aliphatic rings. The summed E-state index contributed by atoms with van der Waals surface area (Å²) in [5.74, 6) is -2.73. The van der Waals surface area contributed by atoms with Crippen LogP contribution in [0.4, 0.5) is 40.7 Å². The highest BCUT2D eigenvalue weighted by atomic mass is 19.1. The van der Waals surface area contributed by atoms with Gasteiger partial charge in [-0.15, -0.1) is 0 Å². The van der Waals surface area contributed by atoms with Gasteiger partial charge in [0, 0.05) is 23.9 Å². The zero-order valence-corrected chi connectivity index (χ0v) is 12.9. The van der Waals surface area contributed by atoms with Gasteiger partial charge >= 0.3 is 0 Å². The van der Waals surface area contributed by atoms with Crippen LogP contribution >= 0.6 is 0 Å². The molecule has 0 saturated heterocycles. The van der Waals surface area contributed by atoms with E-state index in [1.165, 1.54) is 18.2 Å². The lowest BCUT2D eigenvalue weighted by molar-refractivity contribution is 0.585. The van der Waals surface area contributed by atoms with Gasteiger partial charge in [-0.05, 0) is 31.2 Å². The molecule has 25 heavy (non-hydrogen) atoms. The van der Waals surface area contributed by atoms with E-state index in [1.807, 2.05) is 0 Å². The largest absolute Gasteiger partial charge is 0.338 e. The second kappa shape index (κ2) is 6.76. The maximum atomic E-state index is 13.7. The Morgan fingerprint density at radius 3 is 1.84 bits per heavy atom. The summed E-state index contributed by atoms with van der Waals surface area (Å²) < 4.78 is 53.4. The van der Waals surface area contributed by atoms with Crippen LogP contribution in [-0.4, -0.2) is 9.97 Å². The molecular formula is C17H12F4N4. The standard InChI is InChI=1S/C17H12F4N4/c1-9-6-16(23-14-4-2-10(18)7-12(14)20)25-17(22-9)24-15-5-3-11(19)8-13(15)21/h2-8H,1H3,(H2,22,23,24,25). The van der Waals surface area contributed by atoms with Crippen molar-refractivity contribution in [2.45, 2.75) is 6.92 Å².